The summed E-state index contributed by atoms with van der Waals surface area (Å²) < 4.78 is 29.1. The number of Topliss-reactive ketones (excluding diaryl/α,β-unsaturated/α-hetero) is 1. The van der Waals surface area contributed by atoms with E-state index in [1.54, 1.807) is 46.8 Å². The number of anilines is 1. The Bertz CT molecular complexity index is 1970. The number of hydrogen-bond acceptors (Lipinski definition) is 14. The maximum atomic E-state index is 14.4. The summed E-state index contributed by atoms with van der Waals surface area (Å²) in [5.74, 6) is -7.98. The van der Waals surface area contributed by atoms with E-state index in [1.165, 1.54) is 46.3 Å². The van der Waals surface area contributed by atoms with Gasteiger partial charge in [0.15, 0.2) is 5.75 Å². The fraction of sp³-hybridized carbons (Fsp3) is 0.548. The van der Waals surface area contributed by atoms with Crippen molar-refractivity contribution in [3.05, 3.63) is 52.8 Å². The first kappa shape index (κ1) is 43.5. The maximum Gasteiger partial charge on any atom is 0.312 e. The Hall–Kier alpha value is -4.67. The van der Waals surface area contributed by atoms with Crippen molar-refractivity contribution in [2.45, 2.75) is 92.1 Å². The molecular weight excluding hydrogens is 740 g/mol. The molecule has 4 heterocycles. The number of carbonyl (C=O) groups excluding carboxylic acids is 3. The number of benzene rings is 2. The first-order valence-electron chi connectivity index (χ1n) is 19.2. The van der Waals surface area contributed by atoms with Crippen LogP contribution >= 0.6 is 0 Å². The van der Waals surface area contributed by atoms with E-state index in [0.717, 1.165) is 0 Å². The van der Waals surface area contributed by atoms with Crippen molar-refractivity contribution in [3.8, 4) is 23.0 Å². The van der Waals surface area contributed by atoms with Crippen LogP contribution in [0.4, 0.5) is 5.69 Å². The van der Waals surface area contributed by atoms with Gasteiger partial charge in [-0.15, -0.1) is 0 Å². The van der Waals surface area contributed by atoms with Crippen LogP contribution in [0.1, 0.15) is 70.0 Å². The lowest BCUT2D eigenvalue weighted by Crippen LogP contribution is -2.46. The lowest BCUT2D eigenvalue weighted by Gasteiger charge is -2.38. The summed E-state index contributed by atoms with van der Waals surface area (Å²) in [6.07, 6.45) is 3.66. The molecule has 312 valence electrons. The number of nitrogens with one attached hydrogen (secondary N) is 1. The molecule has 9 atom stereocenters. The van der Waals surface area contributed by atoms with E-state index in [0.29, 0.717) is 26.3 Å². The molecule has 2 aromatic carbocycles. The number of morpholine rings is 1. The van der Waals surface area contributed by atoms with E-state index in [2.05, 4.69) is 5.32 Å². The number of nitrogens with zero attached hydrogens (tertiary/aromatic N) is 1. The number of hydrogen-bond donors (Lipinski definition) is 6. The molecule has 15 nitrogen and oxygen atoms in total. The number of phenolic OH excluding ortho intramolecular Hbond substituents is 3. The highest BCUT2D eigenvalue weighted by Gasteiger charge is 2.50. The molecule has 0 radical (unpaired) electrons. The molecule has 1 fully saturated rings. The molecule has 1 saturated heterocycles. The minimum absolute atomic E-state index is 0.0366. The molecular formula is C42H56N2O13. The Morgan fingerprint density at radius 2 is 1.61 bits per heavy atom. The van der Waals surface area contributed by atoms with E-state index in [-0.39, 0.29) is 51.0 Å². The largest absolute Gasteiger partial charge is 0.507 e. The number of fused-ring (bicyclic) bond motifs is 14. The highest BCUT2D eigenvalue weighted by Crippen LogP contribution is 2.55. The second-order valence-corrected chi connectivity index (χ2v) is 15.6. The summed E-state index contributed by atoms with van der Waals surface area (Å²) in [6, 6.07) is 0. The van der Waals surface area contributed by atoms with Gasteiger partial charge in [0.05, 0.1) is 54.4 Å². The molecule has 4 aliphatic heterocycles. The number of phenols is 3. The molecule has 4 aliphatic rings. The Morgan fingerprint density at radius 3 is 2.25 bits per heavy atom. The SMILES string of the molecule is COC1/C=C/OC2(C)Oc3c(C)c(O)c4c(O)c(c(CN5CCOCC5)c(O)c4c3C2=O)NC(=O)/C(C)=C\C=C\C(C)C(O)C(C)C(O)C(C)C(OC(C)=O)C1C. The van der Waals surface area contributed by atoms with Gasteiger partial charge in [-0.1, -0.05) is 45.9 Å². The molecule has 5 bridgehead atoms. The van der Waals surface area contributed by atoms with Crippen molar-refractivity contribution >= 4 is 34.1 Å². The summed E-state index contributed by atoms with van der Waals surface area (Å²) in [4.78, 5) is 42.4. The van der Waals surface area contributed by atoms with Crippen molar-refractivity contribution in [1.29, 1.82) is 0 Å². The second kappa shape index (κ2) is 17.4. The van der Waals surface area contributed by atoms with Gasteiger partial charge in [0.1, 0.15) is 23.4 Å². The summed E-state index contributed by atoms with van der Waals surface area (Å²) >= 11 is 0. The molecule has 0 spiro atoms. The van der Waals surface area contributed by atoms with Crippen molar-refractivity contribution in [3.63, 3.8) is 0 Å². The number of methoxy groups -OCH3 is 1. The topological polar surface area (TPSA) is 214 Å². The van der Waals surface area contributed by atoms with E-state index in [4.69, 9.17) is 23.7 Å². The van der Waals surface area contributed by atoms with Crippen molar-refractivity contribution in [2.75, 3.05) is 38.7 Å². The minimum Gasteiger partial charge on any atom is -0.507 e. The maximum absolute atomic E-state index is 14.4. The highest BCUT2D eigenvalue weighted by molar-refractivity contribution is 6.22. The molecule has 9 unspecified atom stereocenters. The van der Waals surface area contributed by atoms with Crippen LogP contribution in [0, 0.1) is 30.6 Å². The standard InChI is InChI=1S/C42H56N2O13/c1-20-11-10-12-21(2)41(52)43-32-27(19-44-14-17-54-18-15-44)36(49)29-30(37(32)50)35(48)25(6)39-31(29)40(51)42(8,57-39)55-16-13-28(53-9)22(3)38(56-26(7)45)24(5)34(47)23(4)33(20)46/h10-13,16,20,22-24,28,33-34,38,46-50H,14-15,17-19H2,1-9H3,(H,43,52)/b11-10+,16-13+,21-12-. The average Bonchev–Trinajstić information content (AvgIpc) is 3.44. The Labute approximate surface area is 332 Å². The number of carbonyl (C=O) groups is 3. The fourth-order valence-corrected chi connectivity index (χ4v) is 7.92. The predicted molar refractivity (Wildman–Crippen MR) is 210 cm³/mol. The normalized spacial score (nSPS) is 32.6. The first-order valence-corrected chi connectivity index (χ1v) is 19.2. The van der Waals surface area contributed by atoms with Crippen LogP contribution in [0.15, 0.2) is 36.1 Å². The molecule has 0 saturated carbocycles. The van der Waals surface area contributed by atoms with Crippen LogP contribution in [0.5, 0.6) is 23.0 Å². The number of esters is 1. The third kappa shape index (κ3) is 8.49. The van der Waals surface area contributed by atoms with Crippen LogP contribution in [-0.2, 0) is 35.1 Å². The van der Waals surface area contributed by atoms with Gasteiger partial charge in [-0.05, 0) is 19.9 Å². The number of aromatic hydroxyl groups is 3. The molecule has 0 aromatic heterocycles. The molecule has 2 aromatic rings. The molecule has 6 rings (SSSR count). The number of ketones is 1. The van der Waals surface area contributed by atoms with E-state index >= 15 is 0 Å². The van der Waals surface area contributed by atoms with Gasteiger partial charge >= 0.3 is 11.8 Å². The molecule has 57 heavy (non-hydrogen) atoms. The molecule has 1 amide bonds. The third-order valence-corrected chi connectivity index (χ3v) is 11.6. The monoisotopic (exact) mass is 796 g/mol. The summed E-state index contributed by atoms with van der Waals surface area (Å²) in [5.41, 5.74) is 0.0787. The van der Waals surface area contributed by atoms with Gasteiger partial charge < -0.3 is 54.5 Å². The third-order valence-electron chi connectivity index (χ3n) is 11.6. The van der Waals surface area contributed by atoms with Crippen LogP contribution in [0.2, 0.25) is 0 Å². The van der Waals surface area contributed by atoms with Crippen LogP contribution in [-0.4, -0.2) is 112 Å². The Balaban J connectivity index is 1.70. The number of aliphatic hydroxyl groups is 2. The summed E-state index contributed by atoms with van der Waals surface area (Å²) in [7, 11) is 1.44. The summed E-state index contributed by atoms with van der Waals surface area (Å²) in [5, 5.41) is 60.7. The van der Waals surface area contributed by atoms with Gasteiger partial charge in [0, 0.05) is 86.3 Å². The Kier molecular flexibility index (Phi) is 13.3. The lowest BCUT2D eigenvalue weighted by atomic mass is 9.78. The number of allylic oxidation sites excluding steroid dienone is 2. The molecule has 6 N–H and O–H groups in total. The average molecular weight is 797 g/mol. The zero-order valence-corrected chi connectivity index (χ0v) is 34.0. The van der Waals surface area contributed by atoms with Gasteiger partial charge in [-0.2, -0.15) is 0 Å². The smallest absolute Gasteiger partial charge is 0.312 e. The van der Waals surface area contributed by atoms with Crippen LogP contribution < -0.4 is 10.1 Å². The summed E-state index contributed by atoms with van der Waals surface area (Å²) in [6.45, 7) is 14.4. The molecule has 15 heteroatoms. The zero-order chi connectivity index (χ0) is 42.1. The van der Waals surface area contributed by atoms with Gasteiger partial charge in [-0.3, -0.25) is 19.3 Å². The van der Waals surface area contributed by atoms with Crippen molar-refractivity contribution < 1.29 is 63.6 Å². The van der Waals surface area contributed by atoms with E-state index < -0.39 is 88.8 Å². The number of aliphatic hydroxyl groups excluding tert-OH is 2. The number of ether oxygens (including phenoxy) is 5. The number of amides is 1. The number of rotatable bonds is 4. The van der Waals surface area contributed by atoms with E-state index in [1.807, 2.05) is 4.90 Å². The Morgan fingerprint density at radius 1 is 0.947 bits per heavy atom. The minimum atomic E-state index is -2.02. The quantitative estimate of drug-likeness (QED) is 0.142. The lowest BCUT2D eigenvalue weighted by molar-refractivity contribution is -0.160. The highest BCUT2D eigenvalue weighted by atomic mass is 16.7. The fourth-order valence-electron chi connectivity index (χ4n) is 7.92. The van der Waals surface area contributed by atoms with E-state index in [9.17, 15) is 39.9 Å². The van der Waals surface area contributed by atoms with Crippen LogP contribution in [0.3, 0.4) is 0 Å². The molecule has 0 aliphatic carbocycles. The predicted octanol–water partition coefficient (Wildman–Crippen LogP) is 4.59. The van der Waals surface area contributed by atoms with Crippen molar-refractivity contribution in [1.82, 2.24) is 4.90 Å². The second-order valence-electron chi connectivity index (χ2n) is 15.6. The zero-order valence-electron chi connectivity index (χ0n) is 34.0. The first-order chi connectivity index (χ1) is 26.8. The van der Waals surface area contributed by atoms with Gasteiger partial charge in [-0.25, -0.2) is 0 Å². The van der Waals surface area contributed by atoms with Gasteiger partial charge in [0.25, 0.3) is 11.7 Å². The van der Waals surface area contributed by atoms with Crippen molar-refractivity contribution in [2.24, 2.45) is 23.7 Å². The van der Waals surface area contributed by atoms with Gasteiger partial charge in [0.2, 0.25) is 0 Å². The van der Waals surface area contributed by atoms with Crippen LogP contribution in [0.25, 0.3) is 10.8 Å².